The van der Waals surface area contributed by atoms with Gasteiger partial charge in [0.05, 0.1) is 18.8 Å². The molecule has 6 heteroatoms. The highest BCUT2D eigenvalue weighted by Crippen LogP contribution is 2.30. The first-order valence-corrected chi connectivity index (χ1v) is 23.7. The van der Waals surface area contributed by atoms with Crippen molar-refractivity contribution in [3.8, 4) is 0 Å². The van der Waals surface area contributed by atoms with Crippen molar-refractivity contribution in [3.05, 3.63) is 0 Å². The summed E-state index contributed by atoms with van der Waals surface area (Å²) in [5, 5.41) is 11.8. The Morgan fingerprint density at radius 2 is 0.873 bits per heavy atom. The molecule has 0 saturated carbocycles. The first kappa shape index (κ1) is 53.9. The van der Waals surface area contributed by atoms with Crippen LogP contribution in [0.4, 0.5) is 0 Å². The van der Waals surface area contributed by atoms with E-state index in [1.165, 1.54) is 51.4 Å². The number of carbonyl (C=O) groups excluding carboxylic acids is 2. The largest absolute Gasteiger partial charge is 0.466 e. The lowest BCUT2D eigenvalue weighted by molar-refractivity contribution is -0.144. The van der Waals surface area contributed by atoms with Crippen molar-refractivity contribution in [1.82, 2.24) is 4.90 Å². The fourth-order valence-corrected chi connectivity index (χ4v) is 8.64. The van der Waals surface area contributed by atoms with Gasteiger partial charge >= 0.3 is 11.9 Å². The summed E-state index contributed by atoms with van der Waals surface area (Å²) in [6, 6.07) is 0. The van der Waals surface area contributed by atoms with Crippen molar-refractivity contribution in [3.63, 3.8) is 0 Å². The molecular weight excluding hydrogens is 683 g/mol. The number of hydrogen-bond donors (Lipinski definition) is 1. The second-order valence-electron chi connectivity index (χ2n) is 20.2. The lowest BCUT2D eigenvalue weighted by atomic mass is 9.83. The van der Waals surface area contributed by atoms with Crippen LogP contribution < -0.4 is 0 Å². The zero-order chi connectivity index (χ0) is 41.4. The highest BCUT2D eigenvalue weighted by atomic mass is 16.5. The molecule has 0 aliphatic heterocycles. The fraction of sp³-hybridized carbons (Fsp3) is 0.959. The molecule has 55 heavy (non-hydrogen) atoms. The van der Waals surface area contributed by atoms with Gasteiger partial charge < -0.3 is 19.5 Å². The molecule has 2 atom stereocenters. The molecule has 0 saturated heterocycles. The van der Waals surface area contributed by atoms with Gasteiger partial charge in [-0.3, -0.25) is 9.59 Å². The first-order valence-electron chi connectivity index (χ1n) is 23.7. The van der Waals surface area contributed by atoms with Crippen LogP contribution in [0.1, 0.15) is 243 Å². The van der Waals surface area contributed by atoms with Crippen molar-refractivity contribution in [2.24, 2.45) is 22.7 Å². The molecule has 1 N–H and O–H groups in total. The van der Waals surface area contributed by atoms with E-state index in [1.807, 2.05) is 0 Å². The van der Waals surface area contributed by atoms with Crippen LogP contribution in [0.3, 0.4) is 0 Å². The molecule has 0 aromatic rings. The molecule has 2 unspecified atom stereocenters. The molecule has 0 aromatic carbocycles. The van der Waals surface area contributed by atoms with E-state index in [2.05, 4.69) is 74.1 Å². The summed E-state index contributed by atoms with van der Waals surface area (Å²) in [4.78, 5) is 27.0. The number of unbranched alkanes of at least 4 members (excludes halogenated alkanes) is 11. The van der Waals surface area contributed by atoms with Crippen molar-refractivity contribution in [2.45, 2.75) is 248 Å². The predicted octanol–water partition coefficient (Wildman–Crippen LogP) is 14.0. The number of nitrogens with zero attached hydrogens (tertiary/aromatic N) is 1. The number of ether oxygens (including phenoxy) is 2. The SMILES string of the molecule is CCCN(CCC)CCCCC(O)(CCCCCCOC(=O)CCCCCC(C)CC(C)(C)C)CCCCCCOC(=O)CCCCCC(C)CC(C)(C)C. The number of rotatable bonds is 37. The Kier molecular flexibility index (Phi) is 32.1. The summed E-state index contributed by atoms with van der Waals surface area (Å²) in [6.07, 6.45) is 27.8. The summed E-state index contributed by atoms with van der Waals surface area (Å²) < 4.78 is 11.1. The number of esters is 2. The van der Waals surface area contributed by atoms with Crippen molar-refractivity contribution in [1.29, 1.82) is 0 Å². The van der Waals surface area contributed by atoms with E-state index < -0.39 is 5.60 Å². The van der Waals surface area contributed by atoms with Crippen LogP contribution in [0.15, 0.2) is 0 Å². The van der Waals surface area contributed by atoms with Crippen LogP contribution in [-0.2, 0) is 19.1 Å². The maximum atomic E-state index is 12.2. The van der Waals surface area contributed by atoms with Crippen molar-refractivity contribution < 1.29 is 24.2 Å². The first-order chi connectivity index (χ1) is 26.0. The van der Waals surface area contributed by atoms with E-state index in [-0.39, 0.29) is 11.9 Å². The van der Waals surface area contributed by atoms with Crippen LogP contribution in [0.25, 0.3) is 0 Å². The van der Waals surface area contributed by atoms with Gasteiger partial charge in [-0.25, -0.2) is 0 Å². The molecule has 0 rings (SSSR count). The number of hydrogen-bond acceptors (Lipinski definition) is 6. The molecular formula is C49H97NO5. The van der Waals surface area contributed by atoms with Crippen LogP contribution in [0, 0.1) is 22.7 Å². The van der Waals surface area contributed by atoms with E-state index in [4.69, 9.17) is 9.47 Å². The second kappa shape index (κ2) is 32.8. The Hall–Kier alpha value is -1.14. The molecule has 0 radical (unpaired) electrons. The van der Waals surface area contributed by atoms with Crippen LogP contribution >= 0.6 is 0 Å². The van der Waals surface area contributed by atoms with Gasteiger partial charge in [0.1, 0.15) is 0 Å². The van der Waals surface area contributed by atoms with E-state index in [9.17, 15) is 14.7 Å². The minimum absolute atomic E-state index is 0.0469. The third kappa shape index (κ3) is 36.9. The Morgan fingerprint density at radius 3 is 1.25 bits per heavy atom. The van der Waals surface area contributed by atoms with Crippen LogP contribution in [0.5, 0.6) is 0 Å². The quantitative estimate of drug-likeness (QED) is 0.0500. The summed E-state index contributed by atoms with van der Waals surface area (Å²) in [5.41, 5.74) is 0.175. The van der Waals surface area contributed by atoms with E-state index in [1.54, 1.807) is 0 Å². The summed E-state index contributed by atoms with van der Waals surface area (Å²) in [5.74, 6) is 1.39. The third-order valence-electron chi connectivity index (χ3n) is 11.1. The topological polar surface area (TPSA) is 76.1 Å². The monoisotopic (exact) mass is 780 g/mol. The van der Waals surface area contributed by atoms with Gasteiger partial charge in [-0.2, -0.15) is 0 Å². The molecule has 0 amide bonds. The normalized spacial score (nSPS) is 14.5. The Bertz CT molecular complexity index is 842. The average Bonchev–Trinajstić information content (AvgIpc) is 3.07. The van der Waals surface area contributed by atoms with Gasteiger partial charge in [0.15, 0.2) is 0 Å². The Labute approximate surface area is 343 Å². The molecule has 0 bridgehead atoms. The van der Waals surface area contributed by atoms with Gasteiger partial charge in [-0.1, -0.05) is 146 Å². The molecule has 328 valence electrons. The molecule has 0 spiro atoms. The zero-order valence-corrected chi connectivity index (χ0v) is 38.8. The Balaban J connectivity index is 4.36. The number of aliphatic hydroxyl groups is 1. The van der Waals surface area contributed by atoms with Crippen molar-refractivity contribution >= 4 is 11.9 Å². The summed E-state index contributed by atoms with van der Waals surface area (Å²) in [6.45, 7) is 27.6. The standard InChI is InChI=1S/C49H97NO5/c1-11-36-50(37-12-2)38-26-25-35-49(53,33-23-13-15-27-39-54-45(51)31-21-17-19-29-43(3)41-47(5,6)7)34-24-14-16-28-40-55-46(52)32-22-18-20-30-44(4)42-48(8,9)10/h43-44,53H,11-42H2,1-10H3. The molecule has 0 heterocycles. The van der Waals surface area contributed by atoms with Gasteiger partial charge in [-0.15, -0.1) is 0 Å². The van der Waals surface area contributed by atoms with Gasteiger partial charge in [0, 0.05) is 12.8 Å². The number of carbonyl (C=O) groups is 2. The lowest BCUT2D eigenvalue weighted by Crippen LogP contribution is -2.30. The fourth-order valence-electron chi connectivity index (χ4n) is 8.64. The second-order valence-corrected chi connectivity index (χ2v) is 20.2. The summed E-state index contributed by atoms with van der Waals surface area (Å²) >= 11 is 0. The van der Waals surface area contributed by atoms with Crippen LogP contribution in [-0.4, -0.2) is 60.4 Å². The lowest BCUT2D eigenvalue weighted by Gasteiger charge is -2.29. The van der Waals surface area contributed by atoms with E-state index in [0.29, 0.717) is 36.9 Å². The molecule has 0 aliphatic carbocycles. The maximum Gasteiger partial charge on any atom is 0.305 e. The molecule has 0 aliphatic rings. The Morgan fingerprint density at radius 1 is 0.509 bits per heavy atom. The third-order valence-corrected chi connectivity index (χ3v) is 11.1. The minimum Gasteiger partial charge on any atom is -0.466 e. The van der Waals surface area contributed by atoms with Gasteiger partial charge in [-0.05, 0) is 126 Å². The maximum absolute atomic E-state index is 12.2. The molecule has 0 fully saturated rings. The average molecular weight is 780 g/mol. The minimum atomic E-state index is -0.603. The molecule has 6 nitrogen and oxygen atoms in total. The smallest absolute Gasteiger partial charge is 0.305 e. The molecule has 0 aromatic heterocycles. The predicted molar refractivity (Wildman–Crippen MR) is 237 cm³/mol. The van der Waals surface area contributed by atoms with E-state index in [0.717, 1.165) is 141 Å². The van der Waals surface area contributed by atoms with Crippen molar-refractivity contribution in [2.75, 3.05) is 32.8 Å². The summed E-state index contributed by atoms with van der Waals surface area (Å²) in [7, 11) is 0. The van der Waals surface area contributed by atoms with E-state index >= 15 is 0 Å². The highest BCUT2D eigenvalue weighted by Gasteiger charge is 2.25. The van der Waals surface area contributed by atoms with Gasteiger partial charge in [0.25, 0.3) is 0 Å². The van der Waals surface area contributed by atoms with Crippen LogP contribution in [0.2, 0.25) is 0 Å². The van der Waals surface area contributed by atoms with Gasteiger partial charge in [0.2, 0.25) is 0 Å². The zero-order valence-electron chi connectivity index (χ0n) is 38.8. The highest BCUT2D eigenvalue weighted by molar-refractivity contribution is 5.69.